The number of carbonyl (C=O) groups is 1. The minimum Gasteiger partial charge on any atom is -0.504 e. The normalized spacial score (nSPS) is 9.93. The Hall–Kier alpha value is -1.75. The number of phenols is 2. The van der Waals surface area contributed by atoms with Gasteiger partial charge in [-0.15, -0.1) is 0 Å². The number of nitrogens with zero attached hydrogens (tertiary/aromatic N) is 1. The summed E-state index contributed by atoms with van der Waals surface area (Å²) in [5, 5.41) is 19.4. The summed E-state index contributed by atoms with van der Waals surface area (Å²) in [4.78, 5) is 10.9. The van der Waals surface area contributed by atoms with Crippen molar-refractivity contribution in [3.05, 3.63) is 17.7 Å². The molecule has 1 amide bonds. The van der Waals surface area contributed by atoms with Crippen LogP contribution < -0.4 is 10.9 Å². The average molecular weight is 196 g/mol. The Kier molecular flexibility index (Phi) is 2.62. The number of carbonyl (C=O) groups excluding carboxylic acids is 1. The lowest BCUT2D eigenvalue weighted by atomic mass is 10.1. The van der Waals surface area contributed by atoms with Gasteiger partial charge in [-0.2, -0.15) is 0 Å². The smallest absolute Gasteiger partial charge is 0.238 e. The molecule has 0 aliphatic heterocycles. The van der Waals surface area contributed by atoms with Gasteiger partial charge in [0.05, 0.1) is 5.69 Å². The predicted molar refractivity (Wildman–Crippen MR) is 51.9 cm³/mol. The van der Waals surface area contributed by atoms with Crippen molar-refractivity contribution < 1.29 is 15.0 Å². The van der Waals surface area contributed by atoms with Crippen molar-refractivity contribution in [1.29, 1.82) is 0 Å². The fourth-order valence-corrected chi connectivity index (χ4v) is 1.11. The zero-order valence-electron chi connectivity index (χ0n) is 7.98. The van der Waals surface area contributed by atoms with E-state index in [1.54, 1.807) is 6.92 Å². The molecule has 0 unspecified atom stereocenters. The van der Waals surface area contributed by atoms with Crippen molar-refractivity contribution in [3.8, 4) is 11.5 Å². The van der Waals surface area contributed by atoms with Crippen LogP contribution in [0.3, 0.4) is 0 Å². The van der Waals surface area contributed by atoms with Gasteiger partial charge < -0.3 is 10.2 Å². The van der Waals surface area contributed by atoms with E-state index >= 15 is 0 Å². The highest BCUT2D eigenvalue weighted by Gasteiger charge is 2.14. The number of hydrazine groups is 1. The quantitative estimate of drug-likeness (QED) is 0.266. The summed E-state index contributed by atoms with van der Waals surface area (Å²) < 4.78 is 0. The third-order valence-electron chi connectivity index (χ3n) is 1.98. The molecule has 0 saturated carbocycles. The van der Waals surface area contributed by atoms with Crippen LogP contribution in [-0.4, -0.2) is 16.1 Å². The molecule has 5 nitrogen and oxygen atoms in total. The van der Waals surface area contributed by atoms with Gasteiger partial charge in [0.1, 0.15) is 0 Å². The van der Waals surface area contributed by atoms with Crippen molar-refractivity contribution >= 4 is 11.6 Å². The highest BCUT2D eigenvalue weighted by Crippen LogP contribution is 2.34. The number of hydrogen-bond donors (Lipinski definition) is 3. The third-order valence-corrected chi connectivity index (χ3v) is 1.98. The molecule has 0 aliphatic carbocycles. The summed E-state index contributed by atoms with van der Waals surface area (Å²) in [7, 11) is 0. The maximum Gasteiger partial charge on any atom is 0.238 e. The van der Waals surface area contributed by atoms with Gasteiger partial charge >= 0.3 is 0 Å². The zero-order chi connectivity index (χ0) is 10.9. The Morgan fingerprint density at radius 1 is 1.43 bits per heavy atom. The van der Waals surface area contributed by atoms with Gasteiger partial charge in [-0.1, -0.05) is 0 Å². The van der Waals surface area contributed by atoms with Crippen molar-refractivity contribution in [3.63, 3.8) is 0 Å². The van der Waals surface area contributed by atoms with E-state index in [9.17, 15) is 9.90 Å². The molecule has 1 rings (SSSR count). The number of rotatable bonds is 1. The van der Waals surface area contributed by atoms with E-state index < -0.39 is 0 Å². The molecule has 0 bridgehead atoms. The van der Waals surface area contributed by atoms with Crippen LogP contribution in [0.4, 0.5) is 5.69 Å². The van der Waals surface area contributed by atoms with Gasteiger partial charge in [0.2, 0.25) is 5.91 Å². The first-order valence-corrected chi connectivity index (χ1v) is 4.02. The summed E-state index contributed by atoms with van der Waals surface area (Å²) in [6.45, 7) is 2.87. The van der Waals surface area contributed by atoms with Gasteiger partial charge in [0.25, 0.3) is 0 Å². The minimum absolute atomic E-state index is 0.233. The largest absolute Gasteiger partial charge is 0.504 e. The Morgan fingerprint density at radius 2 is 2.00 bits per heavy atom. The molecule has 76 valence electrons. The fraction of sp³-hybridized carbons (Fsp3) is 0.222. The van der Waals surface area contributed by atoms with Gasteiger partial charge in [-0.3, -0.25) is 4.79 Å². The molecule has 0 saturated heterocycles. The summed E-state index contributed by atoms with van der Waals surface area (Å²) >= 11 is 0. The van der Waals surface area contributed by atoms with E-state index in [4.69, 9.17) is 10.9 Å². The molecule has 1 aromatic carbocycles. The zero-order valence-corrected chi connectivity index (χ0v) is 7.98. The number of nitrogens with two attached hydrogens (primary N) is 1. The maximum absolute atomic E-state index is 10.9. The number of anilines is 1. The van der Waals surface area contributed by atoms with Gasteiger partial charge in [0, 0.05) is 12.5 Å². The van der Waals surface area contributed by atoms with Crippen LogP contribution in [0.2, 0.25) is 0 Å². The van der Waals surface area contributed by atoms with E-state index in [1.807, 2.05) is 0 Å². The number of benzene rings is 1. The lowest BCUT2D eigenvalue weighted by molar-refractivity contribution is -0.116. The molecule has 4 N–H and O–H groups in total. The van der Waals surface area contributed by atoms with Crippen LogP contribution in [-0.2, 0) is 4.79 Å². The van der Waals surface area contributed by atoms with Crippen LogP contribution in [0.5, 0.6) is 11.5 Å². The molecule has 0 aliphatic rings. The Labute approximate surface area is 81.3 Å². The summed E-state index contributed by atoms with van der Waals surface area (Å²) in [6.07, 6.45) is 0. The Balaban J connectivity index is 3.24. The predicted octanol–water partition coefficient (Wildman–Crippen LogP) is 0.633. The van der Waals surface area contributed by atoms with Gasteiger partial charge in [-0.05, 0) is 19.1 Å². The molecule has 0 aromatic heterocycles. The van der Waals surface area contributed by atoms with Crippen molar-refractivity contribution in [2.24, 2.45) is 5.84 Å². The van der Waals surface area contributed by atoms with Crippen LogP contribution in [0.1, 0.15) is 12.5 Å². The first-order valence-electron chi connectivity index (χ1n) is 4.02. The molecular formula is C9H12N2O3. The van der Waals surface area contributed by atoms with Crippen molar-refractivity contribution in [2.45, 2.75) is 13.8 Å². The molecule has 1 aromatic rings. The lowest BCUT2D eigenvalue weighted by Crippen LogP contribution is -2.35. The number of hydrogen-bond acceptors (Lipinski definition) is 4. The first kappa shape index (κ1) is 10.3. The van der Waals surface area contributed by atoms with Crippen LogP contribution in [0.25, 0.3) is 0 Å². The lowest BCUT2D eigenvalue weighted by Gasteiger charge is -2.17. The fourth-order valence-electron chi connectivity index (χ4n) is 1.11. The Morgan fingerprint density at radius 3 is 2.50 bits per heavy atom. The van der Waals surface area contributed by atoms with Crippen LogP contribution >= 0.6 is 0 Å². The third kappa shape index (κ3) is 1.62. The average Bonchev–Trinajstić information content (AvgIpc) is 2.13. The van der Waals surface area contributed by atoms with E-state index in [0.717, 1.165) is 5.01 Å². The molecular weight excluding hydrogens is 184 g/mol. The number of aromatic hydroxyl groups is 2. The standard InChI is InChI=1S/C9H12N2O3/c1-5-7(11(10)6(2)12)3-4-8(13)9(5)14/h3-4,13-14H,10H2,1-2H3. The van der Waals surface area contributed by atoms with E-state index in [2.05, 4.69) is 0 Å². The molecule has 5 heteroatoms. The number of amides is 1. The summed E-state index contributed by atoms with van der Waals surface area (Å²) in [6, 6.07) is 2.74. The molecule has 0 heterocycles. The number of phenolic OH excluding ortho intramolecular Hbond substituents is 2. The van der Waals surface area contributed by atoms with Gasteiger partial charge in [-0.25, -0.2) is 10.9 Å². The second kappa shape index (κ2) is 3.55. The SMILES string of the molecule is CC(=O)N(N)c1ccc(O)c(O)c1C. The highest BCUT2D eigenvalue weighted by atomic mass is 16.3. The van der Waals surface area contributed by atoms with E-state index in [0.29, 0.717) is 11.3 Å². The first-order chi connectivity index (χ1) is 6.45. The monoisotopic (exact) mass is 196 g/mol. The molecule has 14 heavy (non-hydrogen) atoms. The molecule has 0 atom stereocenters. The molecule has 0 radical (unpaired) electrons. The molecule has 0 spiro atoms. The van der Waals surface area contributed by atoms with Crippen LogP contribution in [0, 0.1) is 6.92 Å². The summed E-state index contributed by atoms with van der Waals surface area (Å²) in [5.41, 5.74) is 0.732. The van der Waals surface area contributed by atoms with E-state index in [-0.39, 0.29) is 17.4 Å². The van der Waals surface area contributed by atoms with Crippen molar-refractivity contribution in [1.82, 2.24) is 0 Å². The Bertz CT molecular complexity index is 377. The van der Waals surface area contributed by atoms with E-state index in [1.165, 1.54) is 19.1 Å². The van der Waals surface area contributed by atoms with Crippen molar-refractivity contribution in [2.75, 3.05) is 5.01 Å². The maximum atomic E-state index is 10.9. The molecule has 0 fully saturated rings. The highest BCUT2D eigenvalue weighted by molar-refractivity contribution is 5.91. The second-order valence-corrected chi connectivity index (χ2v) is 2.97. The minimum atomic E-state index is -0.349. The topological polar surface area (TPSA) is 86.8 Å². The second-order valence-electron chi connectivity index (χ2n) is 2.97. The van der Waals surface area contributed by atoms with Crippen LogP contribution in [0.15, 0.2) is 12.1 Å². The summed E-state index contributed by atoms with van der Waals surface area (Å²) in [5.74, 6) is 4.60. The van der Waals surface area contributed by atoms with Gasteiger partial charge in [0.15, 0.2) is 11.5 Å².